The standard InChI is InChI=1S/C27H28FNO3/c1-2-32-27(31)23(18-7-8-18)16-15-22(30)14-11-20-17-29-25-6-4-3-5-24(25)26(20)19-9-12-21(28)13-10-19/h3-6,9-14,17-18,22-23,30H,2,7-8,15-16H2,1H3. The number of hydrogen-bond donors (Lipinski definition) is 1. The zero-order chi connectivity index (χ0) is 22.5. The minimum Gasteiger partial charge on any atom is -0.466 e. The van der Waals surface area contributed by atoms with Crippen LogP contribution in [0.1, 0.15) is 38.2 Å². The van der Waals surface area contributed by atoms with Crippen molar-refractivity contribution >= 4 is 22.9 Å². The van der Waals surface area contributed by atoms with Gasteiger partial charge in [0.2, 0.25) is 0 Å². The van der Waals surface area contributed by atoms with Crippen molar-refractivity contribution in [1.82, 2.24) is 4.98 Å². The predicted molar refractivity (Wildman–Crippen MR) is 124 cm³/mol. The van der Waals surface area contributed by atoms with Crippen molar-refractivity contribution in [3.8, 4) is 11.1 Å². The molecule has 2 unspecified atom stereocenters. The molecule has 32 heavy (non-hydrogen) atoms. The van der Waals surface area contributed by atoms with E-state index in [0.717, 1.165) is 40.4 Å². The van der Waals surface area contributed by atoms with Crippen LogP contribution in [0.3, 0.4) is 0 Å². The number of benzene rings is 2. The molecule has 166 valence electrons. The minimum absolute atomic E-state index is 0.130. The number of carbonyl (C=O) groups is 1. The molecule has 2 atom stereocenters. The van der Waals surface area contributed by atoms with Gasteiger partial charge in [-0.2, -0.15) is 0 Å². The first-order valence-corrected chi connectivity index (χ1v) is 11.2. The van der Waals surface area contributed by atoms with Crippen LogP contribution in [0.4, 0.5) is 4.39 Å². The van der Waals surface area contributed by atoms with E-state index >= 15 is 0 Å². The first kappa shape index (κ1) is 22.2. The number of hydrogen-bond acceptors (Lipinski definition) is 4. The molecule has 0 aliphatic heterocycles. The van der Waals surface area contributed by atoms with Crippen molar-refractivity contribution in [2.24, 2.45) is 11.8 Å². The Balaban J connectivity index is 1.55. The van der Waals surface area contributed by atoms with E-state index in [-0.39, 0.29) is 17.7 Å². The van der Waals surface area contributed by atoms with Crippen LogP contribution in [0.2, 0.25) is 0 Å². The number of ether oxygens (including phenoxy) is 1. The zero-order valence-electron chi connectivity index (χ0n) is 18.2. The fourth-order valence-electron chi connectivity index (χ4n) is 4.18. The Morgan fingerprint density at radius 1 is 1.19 bits per heavy atom. The summed E-state index contributed by atoms with van der Waals surface area (Å²) in [5.41, 5.74) is 3.53. The number of pyridine rings is 1. The molecular formula is C27H28FNO3. The topological polar surface area (TPSA) is 59.4 Å². The molecular weight excluding hydrogens is 405 g/mol. The Kier molecular flexibility index (Phi) is 6.96. The lowest BCUT2D eigenvalue weighted by Crippen LogP contribution is -2.21. The summed E-state index contributed by atoms with van der Waals surface area (Å²) in [5, 5.41) is 11.5. The molecule has 0 spiro atoms. The number of aliphatic hydroxyl groups excluding tert-OH is 1. The monoisotopic (exact) mass is 433 g/mol. The molecule has 1 heterocycles. The quantitative estimate of drug-likeness (QED) is 0.434. The summed E-state index contributed by atoms with van der Waals surface area (Å²) in [5.74, 6) is -0.176. The van der Waals surface area contributed by atoms with Crippen LogP contribution < -0.4 is 0 Å². The van der Waals surface area contributed by atoms with E-state index in [0.29, 0.717) is 25.4 Å². The van der Waals surface area contributed by atoms with Crippen LogP contribution in [-0.4, -0.2) is 28.8 Å². The van der Waals surface area contributed by atoms with Crippen LogP contribution in [0.15, 0.2) is 60.8 Å². The number of rotatable bonds is 9. The van der Waals surface area contributed by atoms with Gasteiger partial charge in [0.1, 0.15) is 5.82 Å². The molecule has 0 radical (unpaired) electrons. The van der Waals surface area contributed by atoms with Gasteiger partial charge >= 0.3 is 5.97 Å². The predicted octanol–water partition coefficient (Wildman–Crippen LogP) is 5.78. The van der Waals surface area contributed by atoms with E-state index < -0.39 is 6.10 Å². The molecule has 1 aromatic heterocycles. The number of aromatic nitrogens is 1. The van der Waals surface area contributed by atoms with E-state index in [1.165, 1.54) is 12.1 Å². The summed E-state index contributed by atoms with van der Waals surface area (Å²) in [6.07, 6.45) is 7.90. The van der Waals surface area contributed by atoms with E-state index in [1.807, 2.05) is 37.3 Å². The highest BCUT2D eigenvalue weighted by molar-refractivity contribution is 5.98. The second kappa shape index (κ2) is 10.0. The fourth-order valence-corrected chi connectivity index (χ4v) is 4.18. The summed E-state index contributed by atoms with van der Waals surface area (Å²) in [4.78, 5) is 16.8. The summed E-state index contributed by atoms with van der Waals surface area (Å²) in [6.45, 7) is 2.20. The Hall–Kier alpha value is -3.05. The van der Waals surface area contributed by atoms with Crippen molar-refractivity contribution in [2.75, 3.05) is 6.61 Å². The second-order valence-corrected chi connectivity index (χ2v) is 8.31. The molecule has 1 aliphatic rings. The van der Waals surface area contributed by atoms with E-state index in [4.69, 9.17) is 4.74 Å². The normalized spacial score (nSPS) is 15.7. The number of aliphatic hydroxyl groups is 1. The Bertz CT molecular complexity index is 1110. The molecule has 0 amide bonds. The minimum atomic E-state index is -0.682. The maximum atomic E-state index is 13.5. The first-order chi connectivity index (χ1) is 15.6. The molecule has 5 heteroatoms. The van der Waals surface area contributed by atoms with Crippen LogP contribution in [-0.2, 0) is 9.53 Å². The van der Waals surface area contributed by atoms with Crippen LogP contribution in [0.5, 0.6) is 0 Å². The average molecular weight is 434 g/mol. The SMILES string of the molecule is CCOC(=O)C(CCC(O)C=Cc1cnc2ccccc2c1-c1ccc(F)cc1)C1CC1. The van der Waals surface area contributed by atoms with Crippen LogP contribution in [0, 0.1) is 17.7 Å². The molecule has 4 rings (SSSR count). The van der Waals surface area contributed by atoms with Crippen molar-refractivity contribution in [2.45, 2.75) is 38.7 Å². The van der Waals surface area contributed by atoms with Gasteiger partial charge in [-0.05, 0) is 67.9 Å². The third-order valence-electron chi connectivity index (χ3n) is 5.99. The van der Waals surface area contributed by atoms with Gasteiger partial charge in [0, 0.05) is 17.1 Å². The average Bonchev–Trinajstić information content (AvgIpc) is 3.63. The van der Waals surface area contributed by atoms with E-state index in [2.05, 4.69) is 4.98 Å². The third kappa shape index (κ3) is 5.22. The van der Waals surface area contributed by atoms with Gasteiger partial charge in [0.15, 0.2) is 0 Å². The molecule has 3 aromatic rings. The fraction of sp³-hybridized carbons (Fsp3) is 0.333. The number of para-hydroxylation sites is 1. The van der Waals surface area contributed by atoms with E-state index in [1.54, 1.807) is 24.4 Å². The van der Waals surface area contributed by atoms with Crippen molar-refractivity contribution in [3.63, 3.8) is 0 Å². The van der Waals surface area contributed by atoms with Gasteiger partial charge in [0.25, 0.3) is 0 Å². The summed E-state index contributed by atoms with van der Waals surface area (Å²) in [7, 11) is 0. The molecule has 1 N–H and O–H groups in total. The van der Waals surface area contributed by atoms with Gasteiger partial charge in [-0.1, -0.05) is 42.5 Å². The molecule has 4 nitrogen and oxygen atoms in total. The summed E-state index contributed by atoms with van der Waals surface area (Å²) < 4.78 is 18.7. The number of nitrogens with zero attached hydrogens (tertiary/aromatic N) is 1. The van der Waals surface area contributed by atoms with Gasteiger partial charge in [0.05, 0.1) is 24.1 Å². The van der Waals surface area contributed by atoms with E-state index in [9.17, 15) is 14.3 Å². The summed E-state index contributed by atoms with van der Waals surface area (Å²) in [6, 6.07) is 14.2. The first-order valence-electron chi connectivity index (χ1n) is 11.2. The number of fused-ring (bicyclic) bond motifs is 1. The Morgan fingerprint density at radius 3 is 2.66 bits per heavy atom. The van der Waals surface area contributed by atoms with Gasteiger partial charge in [-0.15, -0.1) is 0 Å². The number of esters is 1. The lowest BCUT2D eigenvalue weighted by molar-refractivity contribution is -0.149. The Labute approximate surface area is 187 Å². The smallest absolute Gasteiger partial charge is 0.309 e. The molecule has 1 fully saturated rings. The lowest BCUT2D eigenvalue weighted by atomic mass is 9.94. The number of carbonyl (C=O) groups excluding carboxylic acids is 1. The van der Waals surface area contributed by atoms with Gasteiger partial charge in [-0.25, -0.2) is 4.39 Å². The molecule has 2 aromatic carbocycles. The maximum Gasteiger partial charge on any atom is 0.309 e. The lowest BCUT2D eigenvalue weighted by Gasteiger charge is -2.16. The van der Waals surface area contributed by atoms with Crippen molar-refractivity contribution < 1.29 is 19.0 Å². The van der Waals surface area contributed by atoms with Gasteiger partial charge in [-0.3, -0.25) is 9.78 Å². The molecule has 0 saturated heterocycles. The van der Waals surface area contributed by atoms with Crippen molar-refractivity contribution in [1.29, 1.82) is 0 Å². The van der Waals surface area contributed by atoms with Crippen LogP contribution >= 0.6 is 0 Å². The highest BCUT2D eigenvalue weighted by atomic mass is 19.1. The highest BCUT2D eigenvalue weighted by Gasteiger charge is 2.36. The largest absolute Gasteiger partial charge is 0.466 e. The summed E-state index contributed by atoms with van der Waals surface area (Å²) >= 11 is 0. The third-order valence-corrected chi connectivity index (χ3v) is 5.99. The highest BCUT2D eigenvalue weighted by Crippen LogP contribution is 2.40. The van der Waals surface area contributed by atoms with Crippen molar-refractivity contribution in [3.05, 3.63) is 72.2 Å². The van der Waals surface area contributed by atoms with Crippen LogP contribution in [0.25, 0.3) is 28.1 Å². The van der Waals surface area contributed by atoms with Gasteiger partial charge < -0.3 is 9.84 Å². The molecule has 1 aliphatic carbocycles. The second-order valence-electron chi connectivity index (χ2n) is 8.31. The number of halogens is 1. The Morgan fingerprint density at radius 2 is 1.94 bits per heavy atom. The maximum absolute atomic E-state index is 13.5. The zero-order valence-corrected chi connectivity index (χ0v) is 18.2. The molecule has 0 bridgehead atoms. The molecule has 1 saturated carbocycles.